The maximum absolute atomic E-state index is 13.3. The first-order valence-electron chi connectivity index (χ1n) is 6.70. The van der Waals surface area contributed by atoms with E-state index >= 15 is 0 Å². The van der Waals surface area contributed by atoms with Gasteiger partial charge in [-0.15, -0.1) is 0 Å². The summed E-state index contributed by atoms with van der Waals surface area (Å²) in [5, 5.41) is 7.83. The number of rotatable bonds is 5. The fourth-order valence-electron chi connectivity index (χ4n) is 2.44. The predicted octanol–water partition coefficient (Wildman–Crippen LogP) is 1.54. The van der Waals surface area contributed by atoms with Gasteiger partial charge in [-0.1, -0.05) is 6.42 Å². The minimum absolute atomic E-state index is 0.680. The summed E-state index contributed by atoms with van der Waals surface area (Å²) in [4.78, 5) is 2.42. The van der Waals surface area contributed by atoms with Crippen molar-refractivity contribution in [2.45, 2.75) is 39.0 Å². The molecule has 106 valence electrons. The maximum Gasteiger partial charge on any atom is 0.235 e. The van der Waals surface area contributed by atoms with Crippen molar-refractivity contribution in [2.24, 2.45) is 5.84 Å². The van der Waals surface area contributed by atoms with E-state index in [0.717, 1.165) is 35.9 Å². The number of halogens is 1. The van der Waals surface area contributed by atoms with Crippen LogP contribution >= 0.6 is 0 Å². The van der Waals surface area contributed by atoms with Crippen LogP contribution < -0.4 is 11.0 Å². The van der Waals surface area contributed by atoms with Crippen molar-refractivity contribution >= 4 is 6.21 Å². The Labute approximate surface area is 113 Å². The normalized spacial score (nSPS) is 18.3. The zero-order valence-corrected chi connectivity index (χ0v) is 11.3. The van der Waals surface area contributed by atoms with E-state index in [1.165, 1.54) is 23.9 Å². The number of piperidine rings is 1. The van der Waals surface area contributed by atoms with Crippen molar-refractivity contribution in [3.05, 3.63) is 23.5 Å². The molecule has 2 rings (SSSR count). The molecule has 5 nitrogen and oxygen atoms in total. The minimum atomic E-state index is -1.60. The lowest BCUT2D eigenvalue weighted by atomic mass is 10.1. The Morgan fingerprint density at radius 3 is 2.74 bits per heavy atom. The number of hydrogen-bond acceptors (Lipinski definition) is 4. The summed E-state index contributed by atoms with van der Waals surface area (Å²) in [6.45, 7) is 5.14. The lowest BCUT2D eigenvalue weighted by molar-refractivity contribution is 0.220. The van der Waals surface area contributed by atoms with Crippen molar-refractivity contribution in [1.29, 1.82) is 5.41 Å². The van der Waals surface area contributed by atoms with Crippen molar-refractivity contribution in [1.82, 2.24) is 9.58 Å². The van der Waals surface area contributed by atoms with E-state index in [1.807, 2.05) is 13.1 Å². The summed E-state index contributed by atoms with van der Waals surface area (Å²) in [5.74, 6) is 5.62. The number of aromatic nitrogens is 1. The molecule has 0 aliphatic carbocycles. The molecule has 0 amide bonds. The van der Waals surface area contributed by atoms with Gasteiger partial charge in [-0.3, -0.25) is 9.58 Å². The zero-order valence-electron chi connectivity index (χ0n) is 11.3. The molecule has 0 radical (unpaired) electrons. The second-order valence-electron chi connectivity index (χ2n) is 5.10. The van der Waals surface area contributed by atoms with Gasteiger partial charge < -0.3 is 5.41 Å². The third-order valence-corrected chi connectivity index (χ3v) is 3.62. The number of likely N-dealkylation sites (tertiary alicyclic amines) is 1. The molecule has 6 heteroatoms. The van der Waals surface area contributed by atoms with Crippen molar-refractivity contribution in [2.75, 3.05) is 18.2 Å². The number of nitrogens with one attached hydrogen (secondary N) is 1. The summed E-state index contributed by atoms with van der Waals surface area (Å²) in [5.41, 5.74) is 2.26. The fraction of sp³-hybridized carbons (Fsp3) is 0.615. The molecule has 1 aromatic heterocycles. The van der Waals surface area contributed by atoms with Crippen LogP contribution in [0.2, 0.25) is 0 Å². The summed E-state index contributed by atoms with van der Waals surface area (Å²) < 4.78 is 14.9. The standard InChI is InChI=1S/C13H22FN5/c1-11-8-18(19(16)13(14)7-15)10-12(11)9-17-5-3-2-4-6-17/h7-8,10,13,15H,2-6,9,16H2,1H3. The van der Waals surface area contributed by atoms with Gasteiger partial charge >= 0.3 is 0 Å². The van der Waals surface area contributed by atoms with Gasteiger partial charge in [0.1, 0.15) is 0 Å². The maximum atomic E-state index is 13.3. The van der Waals surface area contributed by atoms with Gasteiger partial charge in [0, 0.05) is 18.9 Å². The summed E-state index contributed by atoms with van der Waals surface area (Å²) in [6.07, 6.45) is 6.55. The molecule has 1 saturated heterocycles. The van der Waals surface area contributed by atoms with Gasteiger partial charge in [0.05, 0.1) is 6.21 Å². The Hall–Kier alpha value is -1.40. The molecule has 3 N–H and O–H groups in total. The van der Waals surface area contributed by atoms with Crippen molar-refractivity contribution < 1.29 is 4.39 Å². The molecule has 0 saturated carbocycles. The van der Waals surface area contributed by atoms with Crippen LogP contribution in [0.15, 0.2) is 12.4 Å². The molecule has 0 aromatic carbocycles. The Kier molecular flexibility index (Phi) is 4.55. The second-order valence-corrected chi connectivity index (χ2v) is 5.10. The largest absolute Gasteiger partial charge is 0.308 e. The van der Waals surface area contributed by atoms with Gasteiger partial charge in [-0.25, -0.2) is 15.4 Å². The van der Waals surface area contributed by atoms with Crippen LogP contribution in [0.3, 0.4) is 0 Å². The average molecular weight is 267 g/mol. The van der Waals surface area contributed by atoms with Crippen LogP contribution in [0, 0.1) is 12.3 Å². The SMILES string of the molecule is Cc1cn(N(N)C(F)C=N)cc1CN1CCCCC1. The monoisotopic (exact) mass is 267 g/mol. The number of nitrogens with two attached hydrogens (primary N) is 1. The third-order valence-electron chi connectivity index (χ3n) is 3.62. The topological polar surface area (TPSA) is 61.3 Å². The molecule has 1 fully saturated rings. The van der Waals surface area contributed by atoms with Gasteiger partial charge in [-0.2, -0.15) is 0 Å². The predicted molar refractivity (Wildman–Crippen MR) is 74.4 cm³/mol. The molecular formula is C13H22FN5. The smallest absolute Gasteiger partial charge is 0.235 e. The van der Waals surface area contributed by atoms with Gasteiger partial charge in [0.15, 0.2) is 0 Å². The third kappa shape index (κ3) is 3.33. The first kappa shape index (κ1) is 14.0. The highest BCUT2D eigenvalue weighted by Crippen LogP contribution is 2.16. The van der Waals surface area contributed by atoms with E-state index in [1.54, 1.807) is 6.20 Å². The first-order chi connectivity index (χ1) is 9.11. The Bertz CT molecular complexity index is 425. The van der Waals surface area contributed by atoms with Gasteiger partial charge in [0.2, 0.25) is 6.30 Å². The van der Waals surface area contributed by atoms with Crippen LogP contribution in [-0.2, 0) is 6.54 Å². The van der Waals surface area contributed by atoms with Crippen LogP contribution in [-0.4, -0.2) is 35.2 Å². The molecule has 19 heavy (non-hydrogen) atoms. The zero-order chi connectivity index (χ0) is 13.8. The van der Waals surface area contributed by atoms with Crippen LogP contribution in [0.1, 0.15) is 30.4 Å². The van der Waals surface area contributed by atoms with E-state index in [4.69, 9.17) is 11.3 Å². The van der Waals surface area contributed by atoms with Crippen LogP contribution in [0.25, 0.3) is 0 Å². The molecule has 1 aliphatic heterocycles. The quantitative estimate of drug-likeness (QED) is 0.368. The van der Waals surface area contributed by atoms with E-state index in [2.05, 4.69) is 4.90 Å². The Morgan fingerprint density at radius 2 is 2.11 bits per heavy atom. The Balaban J connectivity index is 2.05. The minimum Gasteiger partial charge on any atom is -0.308 e. The van der Waals surface area contributed by atoms with Crippen LogP contribution in [0.5, 0.6) is 0 Å². The molecule has 0 bridgehead atoms. The Morgan fingerprint density at radius 1 is 1.42 bits per heavy atom. The van der Waals surface area contributed by atoms with Gasteiger partial charge in [-0.05, 0) is 44.0 Å². The second kappa shape index (κ2) is 6.16. The summed E-state index contributed by atoms with van der Waals surface area (Å²) in [6, 6.07) is 0. The lowest BCUT2D eigenvalue weighted by Crippen LogP contribution is -2.47. The van der Waals surface area contributed by atoms with E-state index < -0.39 is 6.30 Å². The van der Waals surface area contributed by atoms with E-state index in [-0.39, 0.29) is 0 Å². The van der Waals surface area contributed by atoms with E-state index in [9.17, 15) is 4.39 Å². The molecule has 1 atom stereocenters. The highest BCUT2D eigenvalue weighted by molar-refractivity contribution is 5.60. The number of hydrazine groups is 1. The molecule has 1 aliphatic rings. The molecule has 0 spiro atoms. The lowest BCUT2D eigenvalue weighted by Gasteiger charge is -2.26. The fourth-order valence-corrected chi connectivity index (χ4v) is 2.44. The van der Waals surface area contributed by atoms with Crippen molar-refractivity contribution in [3.63, 3.8) is 0 Å². The highest BCUT2D eigenvalue weighted by Gasteiger charge is 2.16. The summed E-state index contributed by atoms with van der Waals surface area (Å²) >= 11 is 0. The average Bonchev–Trinajstić information content (AvgIpc) is 2.79. The van der Waals surface area contributed by atoms with Crippen molar-refractivity contribution in [3.8, 4) is 0 Å². The molecular weight excluding hydrogens is 245 g/mol. The van der Waals surface area contributed by atoms with E-state index in [0.29, 0.717) is 6.21 Å². The number of hydrogen-bond donors (Lipinski definition) is 2. The molecule has 1 unspecified atom stereocenters. The summed E-state index contributed by atoms with van der Waals surface area (Å²) in [7, 11) is 0. The number of alkyl halides is 1. The van der Waals surface area contributed by atoms with Crippen LogP contribution in [0.4, 0.5) is 4.39 Å². The molecule has 1 aromatic rings. The van der Waals surface area contributed by atoms with Gasteiger partial charge in [0.25, 0.3) is 0 Å². The molecule has 2 heterocycles. The highest BCUT2D eigenvalue weighted by atomic mass is 19.1. The first-order valence-corrected chi connectivity index (χ1v) is 6.70. The number of nitrogens with zero attached hydrogens (tertiary/aromatic N) is 3. The number of aryl methyl sites for hydroxylation is 1.